The summed E-state index contributed by atoms with van der Waals surface area (Å²) in [5.41, 5.74) is 1.99. The highest BCUT2D eigenvalue weighted by Gasteiger charge is 2.25. The summed E-state index contributed by atoms with van der Waals surface area (Å²) in [6.07, 6.45) is 4.33. The van der Waals surface area contributed by atoms with E-state index in [0.717, 1.165) is 44.0 Å². The molecule has 1 aliphatic heterocycles. The van der Waals surface area contributed by atoms with Gasteiger partial charge in [0.1, 0.15) is 10.6 Å². The quantitative estimate of drug-likeness (QED) is 0.627. The Morgan fingerprint density at radius 1 is 1.10 bits per heavy atom. The Morgan fingerprint density at radius 2 is 1.87 bits per heavy atom. The highest BCUT2D eigenvalue weighted by molar-refractivity contribution is 7.17. The molecule has 2 aromatic heterocycles. The van der Waals surface area contributed by atoms with Crippen molar-refractivity contribution in [3.05, 3.63) is 58.9 Å². The van der Waals surface area contributed by atoms with Crippen molar-refractivity contribution in [2.24, 2.45) is 0 Å². The van der Waals surface area contributed by atoms with Crippen LogP contribution in [0.1, 0.15) is 27.3 Å². The number of carbonyl (C=O) groups is 1. The van der Waals surface area contributed by atoms with Crippen molar-refractivity contribution in [3.63, 3.8) is 0 Å². The van der Waals surface area contributed by atoms with Crippen molar-refractivity contribution in [1.82, 2.24) is 24.8 Å². The van der Waals surface area contributed by atoms with E-state index in [9.17, 15) is 4.79 Å². The Labute approximate surface area is 180 Å². The van der Waals surface area contributed by atoms with Gasteiger partial charge in [-0.15, -0.1) is 11.3 Å². The molecule has 1 aromatic carbocycles. The second-order valence-corrected chi connectivity index (χ2v) is 8.27. The summed E-state index contributed by atoms with van der Waals surface area (Å²) < 4.78 is 5.23. The monoisotopic (exact) mass is 423 g/mol. The van der Waals surface area contributed by atoms with E-state index in [1.807, 2.05) is 24.0 Å². The molecule has 0 bridgehead atoms. The number of nitrogens with zero attached hydrogens (tertiary/aromatic N) is 5. The topological polar surface area (TPSA) is 71.5 Å². The number of benzene rings is 1. The average molecular weight is 424 g/mol. The number of ether oxygens (including phenoxy) is 1. The third kappa shape index (κ3) is 4.66. The minimum atomic E-state index is 0.0541. The number of rotatable bonds is 5. The molecule has 0 aliphatic carbocycles. The molecule has 0 unspecified atom stereocenters. The molecule has 156 valence electrons. The molecule has 30 heavy (non-hydrogen) atoms. The lowest BCUT2D eigenvalue weighted by Crippen LogP contribution is -2.35. The van der Waals surface area contributed by atoms with Gasteiger partial charge in [0.25, 0.3) is 5.91 Å². The van der Waals surface area contributed by atoms with Crippen LogP contribution in [0.4, 0.5) is 0 Å². The molecule has 0 N–H and O–H groups in total. The minimum Gasteiger partial charge on any atom is -0.497 e. The maximum absolute atomic E-state index is 13.2. The average Bonchev–Trinajstić information content (AvgIpc) is 3.02. The van der Waals surface area contributed by atoms with E-state index in [2.05, 4.69) is 32.0 Å². The molecule has 3 heterocycles. The Morgan fingerprint density at radius 3 is 2.60 bits per heavy atom. The normalized spacial score (nSPS) is 15.1. The van der Waals surface area contributed by atoms with Crippen LogP contribution in [0, 0.1) is 6.92 Å². The van der Waals surface area contributed by atoms with Crippen LogP contribution in [0.15, 0.2) is 42.7 Å². The Balaban J connectivity index is 1.40. The SMILES string of the molecule is COc1ccc(CN2CCCN(C(=O)c3sc(-c4ncccn4)nc3C)CC2)cc1. The van der Waals surface area contributed by atoms with Crippen LogP contribution in [0.3, 0.4) is 0 Å². The van der Waals surface area contributed by atoms with Gasteiger partial charge in [-0.25, -0.2) is 15.0 Å². The molecule has 1 aliphatic rings. The molecule has 0 radical (unpaired) electrons. The Hall–Kier alpha value is -2.84. The van der Waals surface area contributed by atoms with Gasteiger partial charge in [-0.1, -0.05) is 12.1 Å². The molecule has 0 spiro atoms. The molecular weight excluding hydrogens is 398 g/mol. The van der Waals surface area contributed by atoms with E-state index in [1.165, 1.54) is 16.9 Å². The van der Waals surface area contributed by atoms with E-state index < -0.39 is 0 Å². The van der Waals surface area contributed by atoms with Gasteiger partial charge < -0.3 is 9.64 Å². The highest BCUT2D eigenvalue weighted by Crippen LogP contribution is 2.26. The fraction of sp³-hybridized carbons (Fsp3) is 0.364. The minimum absolute atomic E-state index is 0.0541. The van der Waals surface area contributed by atoms with Gasteiger partial charge in [0.2, 0.25) is 0 Å². The standard InChI is InChI=1S/C22H25N5O2S/c1-16-19(30-21(25-16)20-23-9-3-10-24-20)22(28)27-12-4-11-26(13-14-27)15-17-5-7-18(29-2)8-6-17/h3,5-10H,4,11-15H2,1-2H3. The van der Waals surface area contributed by atoms with Crippen LogP contribution in [0.5, 0.6) is 5.75 Å². The zero-order valence-electron chi connectivity index (χ0n) is 17.2. The van der Waals surface area contributed by atoms with Crippen molar-refractivity contribution in [2.75, 3.05) is 33.3 Å². The number of thiazole rings is 1. The van der Waals surface area contributed by atoms with Crippen LogP contribution in [0.2, 0.25) is 0 Å². The predicted molar refractivity (Wildman–Crippen MR) is 117 cm³/mol. The zero-order chi connectivity index (χ0) is 20.9. The van der Waals surface area contributed by atoms with Gasteiger partial charge in [-0.05, 0) is 37.1 Å². The third-order valence-electron chi connectivity index (χ3n) is 5.19. The molecule has 0 saturated carbocycles. The molecule has 1 fully saturated rings. The van der Waals surface area contributed by atoms with Gasteiger partial charge in [-0.2, -0.15) is 0 Å². The van der Waals surface area contributed by atoms with Crippen LogP contribution in [-0.4, -0.2) is 63.9 Å². The molecule has 7 nitrogen and oxygen atoms in total. The number of aromatic nitrogens is 3. The fourth-order valence-electron chi connectivity index (χ4n) is 3.56. The first-order valence-corrected chi connectivity index (χ1v) is 10.8. The molecule has 3 aromatic rings. The fourth-order valence-corrected chi connectivity index (χ4v) is 4.55. The third-order valence-corrected chi connectivity index (χ3v) is 6.33. The van der Waals surface area contributed by atoms with Crippen LogP contribution in [0.25, 0.3) is 10.8 Å². The van der Waals surface area contributed by atoms with Crippen LogP contribution < -0.4 is 4.74 Å². The summed E-state index contributed by atoms with van der Waals surface area (Å²) in [5.74, 6) is 1.48. The second kappa shape index (κ2) is 9.32. The van der Waals surface area contributed by atoms with E-state index >= 15 is 0 Å². The molecule has 0 atom stereocenters. The lowest BCUT2D eigenvalue weighted by molar-refractivity contribution is 0.0765. The molecule has 1 amide bonds. The second-order valence-electron chi connectivity index (χ2n) is 7.28. The summed E-state index contributed by atoms with van der Waals surface area (Å²) in [6.45, 7) is 6.05. The lowest BCUT2D eigenvalue weighted by Gasteiger charge is -2.22. The first kappa shape index (κ1) is 20.4. The highest BCUT2D eigenvalue weighted by atomic mass is 32.1. The summed E-state index contributed by atoms with van der Waals surface area (Å²) in [5, 5.41) is 0.687. The van der Waals surface area contributed by atoms with Crippen molar-refractivity contribution in [1.29, 1.82) is 0 Å². The van der Waals surface area contributed by atoms with E-state index in [0.29, 0.717) is 22.3 Å². The molecular formula is C22H25N5O2S. The molecule has 4 rings (SSSR count). The van der Waals surface area contributed by atoms with Crippen molar-refractivity contribution >= 4 is 17.2 Å². The summed E-state index contributed by atoms with van der Waals surface area (Å²) >= 11 is 1.38. The van der Waals surface area contributed by atoms with Gasteiger partial charge in [0, 0.05) is 45.1 Å². The maximum Gasteiger partial charge on any atom is 0.265 e. The molecule has 1 saturated heterocycles. The molecule has 8 heteroatoms. The number of hydrogen-bond donors (Lipinski definition) is 0. The van der Waals surface area contributed by atoms with Crippen LogP contribution in [-0.2, 0) is 6.54 Å². The number of carbonyl (C=O) groups excluding carboxylic acids is 1. The number of hydrogen-bond acceptors (Lipinski definition) is 7. The predicted octanol–water partition coefficient (Wildman–Crippen LogP) is 3.27. The Bertz CT molecular complexity index is 991. The van der Waals surface area contributed by atoms with Crippen molar-refractivity contribution in [2.45, 2.75) is 19.9 Å². The summed E-state index contributed by atoms with van der Waals surface area (Å²) in [7, 11) is 1.68. The summed E-state index contributed by atoms with van der Waals surface area (Å²) in [4.78, 5) is 31.2. The van der Waals surface area contributed by atoms with Gasteiger partial charge in [0.05, 0.1) is 12.8 Å². The zero-order valence-corrected chi connectivity index (χ0v) is 18.1. The maximum atomic E-state index is 13.2. The van der Waals surface area contributed by atoms with Crippen LogP contribution >= 0.6 is 11.3 Å². The Kier molecular flexibility index (Phi) is 6.35. The van der Waals surface area contributed by atoms with E-state index in [1.54, 1.807) is 25.6 Å². The number of amides is 1. The smallest absolute Gasteiger partial charge is 0.265 e. The summed E-state index contributed by atoms with van der Waals surface area (Å²) in [6, 6.07) is 9.94. The lowest BCUT2D eigenvalue weighted by atomic mass is 10.2. The number of methoxy groups -OCH3 is 1. The van der Waals surface area contributed by atoms with E-state index in [-0.39, 0.29) is 5.91 Å². The van der Waals surface area contributed by atoms with Gasteiger partial charge >= 0.3 is 0 Å². The van der Waals surface area contributed by atoms with Gasteiger partial charge in [-0.3, -0.25) is 9.69 Å². The van der Waals surface area contributed by atoms with Gasteiger partial charge in [0.15, 0.2) is 10.8 Å². The van der Waals surface area contributed by atoms with Crippen molar-refractivity contribution in [3.8, 4) is 16.6 Å². The first-order valence-electron chi connectivity index (χ1n) is 10.0. The first-order chi connectivity index (χ1) is 14.6. The largest absolute Gasteiger partial charge is 0.497 e. The van der Waals surface area contributed by atoms with Crippen molar-refractivity contribution < 1.29 is 9.53 Å². The van der Waals surface area contributed by atoms with E-state index in [4.69, 9.17) is 4.74 Å². The number of aryl methyl sites for hydroxylation is 1.